The lowest BCUT2D eigenvalue weighted by molar-refractivity contribution is 0.0285. The molecule has 4 heterocycles. The Kier molecular flexibility index (Phi) is 14.6. The molecule has 0 radical (unpaired) electrons. The van der Waals surface area contributed by atoms with Crippen molar-refractivity contribution in [2.45, 2.75) is 49.3 Å². The van der Waals surface area contributed by atoms with Gasteiger partial charge in [0.05, 0.1) is 29.1 Å². The van der Waals surface area contributed by atoms with E-state index < -0.39 is 76.7 Å². The van der Waals surface area contributed by atoms with Gasteiger partial charge in [-0.1, -0.05) is 0 Å². The van der Waals surface area contributed by atoms with Crippen LogP contribution in [0.3, 0.4) is 0 Å². The van der Waals surface area contributed by atoms with Crippen molar-refractivity contribution in [2.24, 2.45) is 0 Å². The first-order valence-electron chi connectivity index (χ1n) is 17.3. The van der Waals surface area contributed by atoms with E-state index in [2.05, 4.69) is 15.3 Å². The van der Waals surface area contributed by atoms with Crippen molar-refractivity contribution in [2.75, 3.05) is 14.1 Å². The summed E-state index contributed by atoms with van der Waals surface area (Å²) in [6, 6.07) is 12.4. The highest BCUT2D eigenvalue weighted by molar-refractivity contribution is 7.90. The Balaban J connectivity index is 0.000000267. The molecule has 2 aromatic carbocycles. The average Bonchev–Trinajstić information content (AvgIpc) is 3.79. The first-order valence-corrected chi connectivity index (χ1v) is 20.2. The van der Waals surface area contributed by atoms with Crippen molar-refractivity contribution in [1.82, 2.24) is 28.1 Å². The quantitative estimate of drug-likeness (QED) is 0.107. The number of benzene rings is 2. The molecule has 0 bridgehead atoms. The Bertz CT molecular complexity index is 2740. The van der Waals surface area contributed by atoms with E-state index >= 15 is 0 Å². The van der Waals surface area contributed by atoms with Crippen LogP contribution in [0.5, 0.6) is 0 Å². The number of carbonyl (C=O) groups excluding carboxylic acids is 1. The van der Waals surface area contributed by atoms with E-state index in [4.69, 9.17) is 4.74 Å². The standard InChI is InChI=1S/C22H22F3N3O4S.C17H14F3N3O2S.ClH/c1-22(2,3)32-21(29)27(4)12-14-10-18(16-6-5-9-26-20(16)25)28(13-14)33(30,31)19-11-15(23)7-8-17(19)24;1-21-9-11-7-15(13-3-2-6-22-17(13)20)23(10-11)26(24,25)16-8-12(18)4-5-14(16)19;/h5-11,13H,12H2,1-4H3;2-8,10,21H,9H2,1H3;1H. The van der Waals surface area contributed by atoms with Crippen LogP contribution in [0, 0.1) is 35.2 Å². The summed E-state index contributed by atoms with van der Waals surface area (Å²) < 4.78 is 143. The van der Waals surface area contributed by atoms with Gasteiger partial charge in [0, 0.05) is 38.4 Å². The van der Waals surface area contributed by atoms with Gasteiger partial charge in [0.1, 0.15) is 38.7 Å². The van der Waals surface area contributed by atoms with Crippen LogP contribution < -0.4 is 5.32 Å². The van der Waals surface area contributed by atoms with Gasteiger partial charge in [-0.25, -0.2) is 57.1 Å². The molecule has 1 N–H and O–H groups in total. The summed E-state index contributed by atoms with van der Waals surface area (Å²) >= 11 is 0. The summed E-state index contributed by atoms with van der Waals surface area (Å²) in [5.74, 6) is -5.97. The van der Waals surface area contributed by atoms with Crippen LogP contribution in [0.15, 0.2) is 107 Å². The number of halogens is 7. The first-order chi connectivity index (χ1) is 27.6. The minimum absolute atomic E-state index is 0. The Morgan fingerprint density at radius 2 is 1.15 bits per heavy atom. The molecule has 6 rings (SSSR count). The second-order valence-electron chi connectivity index (χ2n) is 13.8. The van der Waals surface area contributed by atoms with E-state index in [9.17, 15) is 48.0 Å². The lowest BCUT2D eigenvalue weighted by Gasteiger charge is -2.24. The molecule has 0 unspecified atom stereocenters. The smallest absolute Gasteiger partial charge is 0.410 e. The Hall–Kier alpha value is -5.70. The SMILES string of the molecule is CN(Cc1cc(-c2cccnc2F)n(S(=O)(=O)c2cc(F)ccc2F)c1)C(=O)OC(C)(C)C.CNCc1cc(-c2cccnc2F)n(S(=O)(=O)c2cc(F)ccc2F)c1.Cl. The van der Waals surface area contributed by atoms with Gasteiger partial charge in [0.2, 0.25) is 11.9 Å². The van der Waals surface area contributed by atoms with E-state index in [1.807, 2.05) is 0 Å². The van der Waals surface area contributed by atoms with Gasteiger partial charge in [0.15, 0.2) is 0 Å². The normalized spacial score (nSPS) is 11.7. The van der Waals surface area contributed by atoms with E-state index in [-0.39, 0.29) is 47.0 Å². The molecule has 0 aliphatic carbocycles. The maximum absolute atomic E-state index is 14.4. The minimum Gasteiger partial charge on any atom is -0.444 e. The van der Waals surface area contributed by atoms with Crippen LogP contribution in [0.25, 0.3) is 22.5 Å². The van der Waals surface area contributed by atoms with E-state index in [0.29, 0.717) is 34.3 Å². The summed E-state index contributed by atoms with van der Waals surface area (Å²) in [7, 11) is -6.09. The first kappa shape index (κ1) is 47.0. The van der Waals surface area contributed by atoms with Gasteiger partial charge in [-0.15, -0.1) is 12.4 Å². The minimum atomic E-state index is -4.68. The Morgan fingerprint density at radius 3 is 1.57 bits per heavy atom. The number of rotatable bonds is 10. The molecular weight excluding hydrogens is 862 g/mol. The molecule has 21 heteroatoms. The zero-order valence-corrected chi connectivity index (χ0v) is 34.8. The second kappa shape index (κ2) is 18.7. The fourth-order valence-corrected chi connectivity index (χ4v) is 8.51. The molecule has 0 aliphatic rings. The summed E-state index contributed by atoms with van der Waals surface area (Å²) in [5.41, 5.74) is -0.409. The topological polar surface area (TPSA) is 145 Å². The third-order valence-corrected chi connectivity index (χ3v) is 11.5. The molecular formula is C39H37ClF6N6O6S2. The lowest BCUT2D eigenvalue weighted by Crippen LogP contribution is -2.33. The van der Waals surface area contributed by atoms with Crippen LogP contribution in [-0.4, -0.2) is 65.4 Å². The van der Waals surface area contributed by atoms with Crippen LogP contribution in [0.1, 0.15) is 31.9 Å². The molecule has 0 aliphatic heterocycles. The molecule has 0 atom stereocenters. The summed E-state index contributed by atoms with van der Waals surface area (Å²) in [6.45, 7) is 5.27. The molecule has 0 saturated carbocycles. The number of nitrogens with zero attached hydrogens (tertiary/aromatic N) is 5. The van der Waals surface area contributed by atoms with Gasteiger partial charge in [-0.05, 0) is 112 Å². The third-order valence-electron chi connectivity index (χ3n) is 8.12. The number of aromatic nitrogens is 4. The maximum Gasteiger partial charge on any atom is 0.410 e. The van der Waals surface area contributed by atoms with Gasteiger partial charge < -0.3 is 15.0 Å². The van der Waals surface area contributed by atoms with Crippen molar-refractivity contribution < 1.29 is 52.7 Å². The molecule has 6 aromatic rings. The average molecular weight is 899 g/mol. The van der Waals surface area contributed by atoms with Crippen molar-refractivity contribution in [1.29, 1.82) is 0 Å². The molecule has 1 amide bonds. The highest BCUT2D eigenvalue weighted by Crippen LogP contribution is 2.32. The number of nitrogens with one attached hydrogen (secondary N) is 1. The zero-order valence-electron chi connectivity index (χ0n) is 32.3. The second-order valence-corrected chi connectivity index (χ2v) is 17.3. The van der Waals surface area contributed by atoms with Gasteiger partial charge in [0.25, 0.3) is 20.0 Å². The van der Waals surface area contributed by atoms with E-state index in [1.165, 1.54) is 66.9 Å². The Morgan fingerprint density at radius 1 is 0.717 bits per heavy atom. The summed E-state index contributed by atoms with van der Waals surface area (Å²) in [5, 5.41) is 2.85. The van der Waals surface area contributed by atoms with Crippen molar-refractivity contribution >= 4 is 38.5 Å². The zero-order chi connectivity index (χ0) is 43.4. The number of hydrogen-bond donors (Lipinski definition) is 1. The fraction of sp³-hybridized carbons (Fsp3) is 0.205. The van der Waals surface area contributed by atoms with Gasteiger partial charge >= 0.3 is 6.09 Å². The third kappa shape index (κ3) is 10.5. The Labute approximate surface area is 348 Å². The van der Waals surface area contributed by atoms with Gasteiger partial charge in [-0.2, -0.15) is 8.78 Å². The van der Waals surface area contributed by atoms with Gasteiger partial charge in [-0.3, -0.25) is 0 Å². The summed E-state index contributed by atoms with van der Waals surface area (Å²) in [4.78, 5) is 18.8. The number of amides is 1. The van der Waals surface area contributed by atoms with Crippen LogP contribution >= 0.6 is 12.4 Å². The van der Waals surface area contributed by atoms with Crippen LogP contribution in [-0.2, 0) is 37.9 Å². The predicted molar refractivity (Wildman–Crippen MR) is 211 cm³/mol. The molecule has 0 fully saturated rings. The number of carbonyl (C=O) groups is 1. The predicted octanol–water partition coefficient (Wildman–Crippen LogP) is 7.92. The number of ether oxygens (including phenoxy) is 1. The summed E-state index contributed by atoms with van der Waals surface area (Å²) in [6.07, 6.45) is 4.09. The van der Waals surface area contributed by atoms with Crippen molar-refractivity contribution in [3.63, 3.8) is 0 Å². The van der Waals surface area contributed by atoms with Crippen molar-refractivity contribution in [3.05, 3.63) is 144 Å². The monoisotopic (exact) mass is 898 g/mol. The molecule has 0 spiro atoms. The largest absolute Gasteiger partial charge is 0.444 e. The molecule has 12 nitrogen and oxygen atoms in total. The molecule has 0 saturated heterocycles. The molecule has 320 valence electrons. The molecule has 4 aromatic heterocycles. The van der Waals surface area contributed by atoms with E-state index in [0.717, 1.165) is 28.4 Å². The van der Waals surface area contributed by atoms with Crippen LogP contribution in [0.2, 0.25) is 0 Å². The molecule has 60 heavy (non-hydrogen) atoms. The number of hydrogen-bond acceptors (Lipinski definition) is 9. The lowest BCUT2D eigenvalue weighted by atomic mass is 10.2. The number of pyridine rings is 2. The van der Waals surface area contributed by atoms with Crippen LogP contribution in [0.4, 0.5) is 31.1 Å². The highest BCUT2D eigenvalue weighted by atomic mass is 35.5. The van der Waals surface area contributed by atoms with Crippen molar-refractivity contribution in [3.8, 4) is 22.5 Å². The highest BCUT2D eigenvalue weighted by Gasteiger charge is 2.29. The fourth-order valence-electron chi connectivity index (χ4n) is 5.57. The maximum atomic E-state index is 14.4. The van der Waals surface area contributed by atoms with E-state index in [1.54, 1.807) is 27.8 Å².